The van der Waals surface area contributed by atoms with Crippen LogP contribution in [0.25, 0.3) is 0 Å². The summed E-state index contributed by atoms with van der Waals surface area (Å²) in [5, 5.41) is 3.34. The van der Waals surface area contributed by atoms with Crippen LogP contribution < -0.4 is 5.32 Å². The summed E-state index contributed by atoms with van der Waals surface area (Å²) in [6, 6.07) is 4.61. The van der Waals surface area contributed by atoms with E-state index >= 15 is 0 Å². The number of nitrogens with one attached hydrogen (secondary N) is 1. The molecule has 0 aliphatic rings. The van der Waals surface area contributed by atoms with Crippen molar-refractivity contribution in [2.45, 2.75) is 48.0 Å². The van der Waals surface area contributed by atoms with Crippen LogP contribution in [0.1, 0.15) is 43.0 Å². The van der Waals surface area contributed by atoms with Crippen LogP contribution in [-0.2, 0) is 6.42 Å². The van der Waals surface area contributed by atoms with Crippen molar-refractivity contribution in [1.82, 2.24) is 5.32 Å². The van der Waals surface area contributed by atoms with Crippen molar-refractivity contribution in [1.29, 1.82) is 0 Å². The summed E-state index contributed by atoms with van der Waals surface area (Å²) in [7, 11) is 2.05. The van der Waals surface area contributed by atoms with Gasteiger partial charge in [0.05, 0.1) is 0 Å². The largest absolute Gasteiger partial charge is 0.319 e. The minimum absolute atomic E-state index is 0.340. The van der Waals surface area contributed by atoms with Gasteiger partial charge in [-0.2, -0.15) is 0 Å². The fraction of sp³-hybridized carbons (Fsp3) is 0.647. The van der Waals surface area contributed by atoms with E-state index in [1.807, 2.05) is 7.05 Å². The van der Waals surface area contributed by atoms with Gasteiger partial charge in [-0.15, -0.1) is 0 Å². The van der Waals surface area contributed by atoms with Crippen LogP contribution in [0.4, 0.5) is 0 Å². The Balaban J connectivity index is 3.01. The first-order valence-electron chi connectivity index (χ1n) is 6.97. The lowest BCUT2D eigenvalue weighted by Gasteiger charge is -2.32. The maximum atomic E-state index is 3.34. The van der Waals surface area contributed by atoms with E-state index in [1.54, 1.807) is 0 Å². The lowest BCUT2D eigenvalue weighted by Crippen LogP contribution is -2.32. The highest BCUT2D eigenvalue weighted by atomic mass is 14.8. The summed E-state index contributed by atoms with van der Waals surface area (Å²) in [5.74, 6) is 0.669. The molecule has 0 saturated carbocycles. The molecule has 1 unspecified atom stereocenters. The van der Waals surface area contributed by atoms with Crippen LogP contribution in [-0.4, -0.2) is 13.6 Å². The van der Waals surface area contributed by atoms with Crippen LogP contribution in [0, 0.1) is 32.1 Å². The van der Waals surface area contributed by atoms with Gasteiger partial charge in [0, 0.05) is 0 Å². The number of aryl methyl sites for hydroxylation is 3. The van der Waals surface area contributed by atoms with Crippen LogP contribution >= 0.6 is 0 Å². The first-order valence-corrected chi connectivity index (χ1v) is 6.97. The molecular weight excluding hydrogens is 218 g/mol. The third-order valence-electron chi connectivity index (χ3n) is 3.97. The molecule has 0 aliphatic carbocycles. The Kier molecular flexibility index (Phi) is 4.98. The van der Waals surface area contributed by atoms with Crippen LogP contribution in [0.2, 0.25) is 0 Å². The van der Waals surface area contributed by atoms with E-state index < -0.39 is 0 Å². The molecule has 1 atom stereocenters. The maximum absolute atomic E-state index is 3.34. The van der Waals surface area contributed by atoms with Crippen molar-refractivity contribution in [2.24, 2.45) is 11.3 Å². The van der Waals surface area contributed by atoms with Gasteiger partial charge in [-0.25, -0.2) is 0 Å². The molecule has 0 heterocycles. The minimum atomic E-state index is 0.340. The lowest BCUT2D eigenvalue weighted by atomic mass is 9.76. The van der Waals surface area contributed by atoms with E-state index in [0.29, 0.717) is 11.3 Å². The van der Waals surface area contributed by atoms with Gasteiger partial charge < -0.3 is 5.32 Å². The normalized spacial score (nSPS) is 13.7. The standard InChI is InChI=1S/C17H29N/c1-12-8-13(2)16(14(3)9-12)10-15(11-18-7)17(4,5)6/h8-9,15,18H,10-11H2,1-7H3. The third-order valence-corrected chi connectivity index (χ3v) is 3.97. The second-order valence-corrected chi connectivity index (χ2v) is 6.70. The SMILES string of the molecule is CNCC(Cc1c(C)cc(C)cc1C)C(C)(C)C. The Morgan fingerprint density at radius 1 is 1.06 bits per heavy atom. The molecule has 0 spiro atoms. The first-order chi connectivity index (χ1) is 8.25. The van der Waals surface area contributed by atoms with Crippen molar-refractivity contribution in [3.63, 3.8) is 0 Å². The quantitative estimate of drug-likeness (QED) is 0.847. The van der Waals surface area contributed by atoms with Crippen LogP contribution in [0.3, 0.4) is 0 Å². The van der Waals surface area contributed by atoms with Gasteiger partial charge in [0.25, 0.3) is 0 Å². The smallest absolute Gasteiger partial charge is 0.00153 e. The lowest BCUT2D eigenvalue weighted by molar-refractivity contribution is 0.234. The number of rotatable bonds is 4. The number of hydrogen-bond donors (Lipinski definition) is 1. The van der Waals surface area contributed by atoms with Gasteiger partial charge in [0.15, 0.2) is 0 Å². The molecule has 18 heavy (non-hydrogen) atoms. The average molecular weight is 247 g/mol. The van der Waals surface area contributed by atoms with Crippen molar-refractivity contribution < 1.29 is 0 Å². The minimum Gasteiger partial charge on any atom is -0.319 e. The van der Waals surface area contributed by atoms with E-state index in [9.17, 15) is 0 Å². The third kappa shape index (κ3) is 3.84. The van der Waals surface area contributed by atoms with Crippen molar-refractivity contribution in [2.75, 3.05) is 13.6 Å². The highest BCUT2D eigenvalue weighted by molar-refractivity contribution is 5.37. The highest BCUT2D eigenvalue weighted by Crippen LogP contribution is 2.30. The van der Waals surface area contributed by atoms with Gasteiger partial charge >= 0.3 is 0 Å². The summed E-state index contributed by atoms with van der Waals surface area (Å²) in [4.78, 5) is 0. The molecule has 1 heteroatoms. The topological polar surface area (TPSA) is 12.0 Å². The average Bonchev–Trinajstić information content (AvgIpc) is 2.19. The Morgan fingerprint density at radius 3 is 1.94 bits per heavy atom. The summed E-state index contributed by atoms with van der Waals surface area (Å²) in [6.07, 6.45) is 1.17. The molecule has 0 fully saturated rings. The fourth-order valence-electron chi connectivity index (χ4n) is 2.71. The first kappa shape index (κ1) is 15.2. The molecule has 0 radical (unpaired) electrons. The van der Waals surface area contributed by atoms with Gasteiger partial charge in [-0.3, -0.25) is 0 Å². The van der Waals surface area contributed by atoms with E-state index in [4.69, 9.17) is 0 Å². The molecule has 102 valence electrons. The second-order valence-electron chi connectivity index (χ2n) is 6.70. The van der Waals surface area contributed by atoms with Crippen molar-refractivity contribution in [3.05, 3.63) is 34.4 Å². The molecule has 0 aliphatic heterocycles. The van der Waals surface area contributed by atoms with Gasteiger partial charge in [-0.05, 0) is 68.8 Å². The summed E-state index contributed by atoms with van der Waals surface area (Å²) >= 11 is 0. The monoisotopic (exact) mass is 247 g/mol. The highest BCUT2D eigenvalue weighted by Gasteiger charge is 2.25. The van der Waals surface area contributed by atoms with Crippen LogP contribution in [0.5, 0.6) is 0 Å². The molecule has 0 saturated heterocycles. The van der Waals surface area contributed by atoms with Gasteiger partial charge in [0.2, 0.25) is 0 Å². The van der Waals surface area contributed by atoms with Crippen molar-refractivity contribution in [3.8, 4) is 0 Å². The van der Waals surface area contributed by atoms with E-state index in [2.05, 4.69) is 59.0 Å². The Hall–Kier alpha value is -0.820. The predicted molar refractivity (Wildman–Crippen MR) is 81.2 cm³/mol. The van der Waals surface area contributed by atoms with E-state index in [1.165, 1.54) is 28.7 Å². The summed E-state index contributed by atoms with van der Waals surface area (Å²) < 4.78 is 0. The van der Waals surface area contributed by atoms with Crippen molar-refractivity contribution >= 4 is 0 Å². The fourth-order valence-corrected chi connectivity index (χ4v) is 2.71. The van der Waals surface area contributed by atoms with Gasteiger partial charge in [-0.1, -0.05) is 38.5 Å². The molecule has 0 aromatic heterocycles. The Bertz CT molecular complexity index is 376. The zero-order valence-corrected chi connectivity index (χ0v) is 13.1. The van der Waals surface area contributed by atoms with Gasteiger partial charge in [0.1, 0.15) is 0 Å². The van der Waals surface area contributed by atoms with Crippen LogP contribution in [0.15, 0.2) is 12.1 Å². The number of hydrogen-bond acceptors (Lipinski definition) is 1. The Labute approximate surface area is 113 Å². The molecule has 1 rings (SSSR count). The maximum Gasteiger partial charge on any atom is -0.00153 e. The zero-order valence-electron chi connectivity index (χ0n) is 13.1. The molecule has 0 bridgehead atoms. The molecule has 1 nitrogen and oxygen atoms in total. The number of benzene rings is 1. The predicted octanol–water partition coefficient (Wildman–Crippen LogP) is 4.04. The molecule has 1 aromatic carbocycles. The molecular formula is C17H29N. The Morgan fingerprint density at radius 2 is 1.56 bits per heavy atom. The summed E-state index contributed by atoms with van der Waals surface area (Å²) in [5.41, 5.74) is 6.13. The van der Waals surface area contributed by atoms with E-state index in [0.717, 1.165) is 6.54 Å². The van der Waals surface area contributed by atoms with E-state index in [-0.39, 0.29) is 0 Å². The second kappa shape index (κ2) is 5.88. The molecule has 0 amide bonds. The zero-order chi connectivity index (χ0) is 13.9. The summed E-state index contributed by atoms with van der Waals surface area (Å²) in [6.45, 7) is 14.8. The molecule has 1 N–H and O–H groups in total. The molecule has 1 aromatic rings.